The molecule has 7 heteroatoms. The van der Waals surface area contributed by atoms with Crippen molar-refractivity contribution in [2.24, 2.45) is 0 Å². The number of hydrogen-bond acceptors (Lipinski definition) is 4. The van der Waals surface area contributed by atoms with Crippen LogP contribution in [-0.4, -0.2) is 20.6 Å². The summed E-state index contributed by atoms with van der Waals surface area (Å²) >= 11 is 5.78. The van der Waals surface area contributed by atoms with Gasteiger partial charge in [0.05, 0.1) is 12.0 Å². The maximum absolute atomic E-state index is 12.2. The molecule has 2 aromatic rings. The highest BCUT2D eigenvalue weighted by atomic mass is 35.5. The zero-order valence-electron chi connectivity index (χ0n) is 10.5. The summed E-state index contributed by atoms with van der Waals surface area (Å²) < 4.78 is 31.8. The first-order valence-electron chi connectivity index (χ1n) is 5.58. The number of phenols is 1. The number of hydrogen-bond donors (Lipinski definition) is 2. The van der Waals surface area contributed by atoms with Gasteiger partial charge in [0.2, 0.25) is 0 Å². The Kier molecular flexibility index (Phi) is 4.06. The highest BCUT2D eigenvalue weighted by Gasteiger charge is 2.19. The molecule has 0 atom stereocenters. The van der Waals surface area contributed by atoms with Gasteiger partial charge >= 0.3 is 0 Å². The summed E-state index contributed by atoms with van der Waals surface area (Å²) in [7, 11) is -2.48. The Labute approximate surface area is 121 Å². The van der Waals surface area contributed by atoms with E-state index in [1.807, 2.05) is 0 Å². The third-order valence-electron chi connectivity index (χ3n) is 2.57. The molecule has 0 saturated carbocycles. The Hall–Kier alpha value is -1.92. The van der Waals surface area contributed by atoms with Crippen molar-refractivity contribution in [1.29, 1.82) is 0 Å². The van der Waals surface area contributed by atoms with Crippen molar-refractivity contribution >= 4 is 27.3 Å². The number of halogens is 1. The molecule has 0 aliphatic heterocycles. The lowest BCUT2D eigenvalue weighted by molar-refractivity contribution is 0.411. The molecule has 2 N–H and O–H groups in total. The van der Waals surface area contributed by atoms with Gasteiger partial charge in [-0.1, -0.05) is 23.7 Å². The van der Waals surface area contributed by atoms with E-state index >= 15 is 0 Å². The minimum atomic E-state index is -3.87. The van der Waals surface area contributed by atoms with Crippen LogP contribution in [0.5, 0.6) is 11.5 Å². The molecule has 0 unspecified atom stereocenters. The van der Waals surface area contributed by atoms with Crippen LogP contribution < -0.4 is 9.46 Å². The molecule has 2 aromatic carbocycles. The minimum absolute atomic E-state index is 0.00435. The van der Waals surface area contributed by atoms with Gasteiger partial charge in [0, 0.05) is 5.02 Å². The number of phenolic OH excluding ortho intramolecular Hbond substituents is 1. The number of methoxy groups -OCH3 is 1. The van der Waals surface area contributed by atoms with Crippen LogP contribution in [0.2, 0.25) is 5.02 Å². The molecular weight excluding hydrogens is 302 g/mol. The van der Waals surface area contributed by atoms with Gasteiger partial charge in [0.15, 0.2) is 0 Å². The molecule has 0 fully saturated rings. The summed E-state index contributed by atoms with van der Waals surface area (Å²) in [5, 5.41) is 10.1. The maximum Gasteiger partial charge on any atom is 0.262 e. The highest BCUT2D eigenvalue weighted by molar-refractivity contribution is 7.92. The second kappa shape index (κ2) is 5.60. The van der Waals surface area contributed by atoms with Crippen molar-refractivity contribution in [3.05, 3.63) is 47.5 Å². The van der Waals surface area contributed by atoms with Gasteiger partial charge in [-0.2, -0.15) is 0 Å². The number of ether oxygens (including phenoxy) is 1. The van der Waals surface area contributed by atoms with Gasteiger partial charge in [0.25, 0.3) is 10.0 Å². The number of sulfonamides is 1. The fraction of sp³-hybridized carbons (Fsp3) is 0.0769. The topological polar surface area (TPSA) is 75.6 Å². The van der Waals surface area contributed by atoms with Crippen molar-refractivity contribution in [2.45, 2.75) is 4.90 Å². The first-order valence-corrected chi connectivity index (χ1v) is 7.44. The zero-order valence-corrected chi connectivity index (χ0v) is 12.1. The second-order valence-electron chi connectivity index (χ2n) is 3.92. The molecule has 0 aliphatic carbocycles. The van der Waals surface area contributed by atoms with Crippen molar-refractivity contribution in [1.82, 2.24) is 0 Å². The lowest BCUT2D eigenvalue weighted by Crippen LogP contribution is -2.13. The predicted octanol–water partition coefficient (Wildman–Crippen LogP) is 2.86. The van der Waals surface area contributed by atoms with Crippen LogP contribution in [0.1, 0.15) is 0 Å². The molecule has 0 radical (unpaired) electrons. The molecule has 0 bridgehead atoms. The third kappa shape index (κ3) is 2.97. The Morgan fingerprint density at radius 1 is 1.20 bits per heavy atom. The predicted molar refractivity (Wildman–Crippen MR) is 76.9 cm³/mol. The Morgan fingerprint density at radius 3 is 2.55 bits per heavy atom. The molecule has 0 amide bonds. The highest BCUT2D eigenvalue weighted by Crippen LogP contribution is 2.35. The van der Waals surface area contributed by atoms with Crippen LogP contribution in [0.25, 0.3) is 0 Å². The average molecular weight is 314 g/mol. The number of benzene rings is 2. The van der Waals surface area contributed by atoms with E-state index < -0.39 is 10.0 Å². The largest absolute Gasteiger partial charge is 0.506 e. The standard InChI is InChI=1S/C13H12ClNO4S/c1-19-12-7-3-6-11(16)13(12)15-20(17,18)10-5-2-4-9(14)8-10/h2-8,15-16H,1H3. The van der Waals surface area contributed by atoms with E-state index in [9.17, 15) is 13.5 Å². The number of anilines is 1. The fourth-order valence-electron chi connectivity index (χ4n) is 1.62. The van der Waals surface area contributed by atoms with Gasteiger partial charge in [0.1, 0.15) is 17.2 Å². The van der Waals surface area contributed by atoms with Crippen molar-refractivity contribution in [3.8, 4) is 11.5 Å². The summed E-state index contributed by atoms with van der Waals surface area (Å²) in [6.07, 6.45) is 0. The lowest BCUT2D eigenvalue weighted by Gasteiger charge is -2.13. The molecule has 5 nitrogen and oxygen atoms in total. The van der Waals surface area contributed by atoms with E-state index in [0.29, 0.717) is 5.02 Å². The summed E-state index contributed by atoms with van der Waals surface area (Å²) in [6, 6.07) is 10.3. The molecule has 106 valence electrons. The molecule has 0 saturated heterocycles. The van der Waals surface area contributed by atoms with Crippen LogP contribution >= 0.6 is 11.6 Å². The Balaban J connectivity index is 2.44. The quantitative estimate of drug-likeness (QED) is 0.851. The first kappa shape index (κ1) is 14.5. The summed E-state index contributed by atoms with van der Waals surface area (Å²) in [5.41, 5.74) is -0.0185. The molecule has 0 spiro atoms. The number of para-hydroxylation sites is 1. The monoisotopic (exact) mass is 313 g/mol. The van der Waals surface area contributed by atoms with E-state index in [4.69, 9.17) is 16.3 Å². The molecule has 0 heterocycles. The first-order chi connectivity index (χ1) is 9.44. The van der Waals surface area contributed by atoms with Crippen LogP contribution in [0.3, 0.4) is 0 Å². The van der Waals surface area contributed by atoms with Gasteiger partial charge in [-0.25, -0.2) is 8.42 Å². The normalized spacial score (nSPS) is 11.1. The third-order valence-corrected chi connectivity index (χ3v) is 4.15. The summed E-state index contributed by atoms with van der Waals surface area (Å²) in [6.45, 7) is 0. The molecule has 0 aliphatic rings. The molecule has 0 aromatic heterocycles. The number of rotatable bonds is 4. The van der Waals surface area contributed by atoms with Crippen molar-refractivity contribution in [3.63, 3.8) is 0 Å². The molecular formula is C13H12ClNO4S. The SMILES string of the molecule is COc1cccc(O)c1NS(=O)(=O)c1cccc(Cl)c1. The maximum atomic E-state index is 12.2. The van der Waals surface area contributed by atoms with E-state index in [2.05, 4.69) is 4.72 Å². The Bertz CT molecular complexity index is 731. The molecule has 20 heavy (non-hydrogen) atoms. The number of aromatic hydroxyl groups is 1. The fourth-order valence-corrected chi connectivity index (χ4v) is 3.01. The van der Waals surface area contributed by atoms with Crippen molar-refractivity contribution in [2.75, 3.05) is 11.8 Å². The van der Waals surface area contributed by atoms with Gasteiger partial charge in [-0.15, -0.1) is 0 Å². The van der Waals surface area contributed by atoms with E-state index in [-0.39, 0.29) is 22.1 Å². The summed E-state index contributed by atoms with van der Waals surface area (Å²) in [5.74, 6) is -0.00874. The van der Waals surface area contributed by atoms with E-state index in [1.165, 1.54) is 37.4 Å². The van der Waals surface area contributed by atoms with Crippen molar-refractivity contribution < 1.29 is 18.3 Å². The average Bonchev–Trinajstić information content (AvgIpc) is 2.41. The van der Waals surface area contributed by atoms with Crippen LogP contribution in [0, 0.1) is 0 Å². The Morgan fingerprint density at radius 2 is 1.90 bits per heavy atom. The van der Waals surface area contributed by atoms with E-state index in [0.717, 1.165) is 0 Å². The van der Waals surface area contributed by atoms with Crippen LogP contribution in [-0.2, 0) is 10.0 Å². The minimum Gasteiger partial charge on any atom is -0.506 e. The summed E-state index contributed by atoms with van der Waals surface area (Å²) in [4.78, 5) is -0.00435. The number of nitrogens with one attached hydrogen (secondary N) is 1. The van der Waals surface area contributed by atoms with Crippen LogP contribution in [0.15, 0.2) is 47.4 Å². The van der Waals surface area contributed by atoms with Gasteiger partial charge in [-0.3, -0.25) is 4.72 Å². The molecule has 2 rings (SSSR count). The lowest BCUT2D eigenvalue weighted by atomic mass is 10.3. The van der Waals surface area contributed by atoms with Crippen LogP contribution in [0.4, 0.5) is 5.69 Å². The van der Waals surface area contributed by atoms with E-state index in [1.54, 1.807) is 12.1 Å². The second-order valence-corrected chi connectivity index (χ2v) is 6.04. The van der Waals surface area contributed by atoms with Gasteiger partial charge < -0.3 is 9.84 Å². The smallest absolute Gasteiger partial charge is 0.262 e. The van der Waals surface area contributed by atoms with Gasteiger partial charge in [-0.05, 0) is 30.3 Å². The zero-order chi connectivity index (χ0) is 14.8.